The monoisotopic (exact) mass is 418 g/mol. The summed E-state index contributed by atoms with van der Waals surface area (Å²) < 4.78 is 11.4. The molecule has 5 heteroatoms. The van der Waals surface area contributed by atoms with Gasteiger partial charge in [-0.15, -0.1) is 0 Å². The van der Waals surface area contributed by atoms with Crippen LogP contribution >= 0.6 is 0 Å². The Kier molecular flexibility index (Phi) is 4.63. The zero-order chi connectivity index (χ0) is 21.8. The fourth-order valence-electron chi connectivity index (χ4n) is 6.02. The first-order valence-corrected chi connectivity index (χ1v) is 11.0. The molecule has 5 rings (SSSR count). The van der Waals surface area contributed by atoms with Crippen LogP contribution < -0.4 is 14.8 Å². The fraction of sp³-hybridized carbons (Fsp3) is 0.423. The van der Waals surface area contributed by atoms with Crippen LogP contribution in [0.4, 0.5) is 0 Å². The van der Waals surface area contributed by atoms with E-state index in [1.165, 1.54) is 10.9 Å². The maximum atomic E-state index is 12.8. The number of carbonyl (C=O) groups is 1. The van der Waals surface area contributed by atoms with Gasteiger partial charge in [-0.1, -0.05) is 44.2 Å². The molecule has 0 radical (unpaired) electrons. The molecule has 1 aliphatic heterocycles. The summed E-state index contributed by atoms with van der Waals surface area (Å²) in [6, 6.07) is 14.5. The number of methoxy groups -OCH3 is 2. The number of hydrogen-bond donors (Lipinski definition) is 2. The maximum Gasteiger partial charge on any atom is 0.164 e. The highest BCUT2D eigenvalue weighted by Gasteiger charge is 2.50. The van der Waals surface area contributed by atoms with Crippen molar-refractivity contribution in [2.75, 3.05) is 20.8 Å². The summed E-state index contributed by atoms with van der Waals surface area (Å²) in [6.07, 6.45) is 2.09. The molecule has 2 aromatic carbocycles. The van der Waals surface area contributed by atoms with Crippen molar-refractivity contribution in [2.24, 2.45) is 5.41 Å². The Hall–Kier alpha value is -2.79. The first-order valence-electron chi connectivity index (χ1n) is 11.0. The normalized spacial score (nSPS) is 24.9. The summed E-state index contributed by atoms with van der Waals surface area (Å²) in [5.41, 5.74) is 4.21. The number of aromatic amines is 1. The Morgan fingerprint density at radius 1 is 1.00 bits per heavy atom. The molecule has 2 atom stereocenters. The molecule has 2 unspecified atom stereocenters. The minimum atomic E-state index is -0.365. The van der Waals surface area contributed by atoms with E-state index >= 15 is 0 Å². The third kappa shape index (κ3) is 3.14. The summed E-state index contributed by atoms with van der Waals surface area (Å²) in [5, 5.41) is 5.04. The standard InChI is InChI=1S/C26H30N2O3/c1-25(2)12-16(29)13-26(15-25)24-22(18-8-5-6-10-20(18)28-24)19(14-27-26)17-9-7-11-21(30-3)23(17)31-4/h5-11,19,27-28H,12-15H2,1-4H3. The minimum Gasteiger partial charge on any atom is -0.493 e. The van der Waals surface area contributed by atoms with Crippen molar-refractivity contribution in [1.29, 1.82) is 0 Å². The van der Waals surface area contributed by atoms with Crippen LogP contribution in [0.3, 0.4) is 0 Å². The second-order valence-corrected chi connectivity index (χ2v) is 9.79. The maximum absolute atomic E-state index is 12.8. The largest absolute Gasteiger partial charge is 0.493 e. The van der Waals surface area contributed by atoms with E-state index in [-0.39, 0.29) is 16.9 Å². The fourth-order valence-corrected chi connectivity index (χ4v) is 6.02. The van der Waals surface area contributed by atoms with E-state index in [1.807, 2.05) is 12.1 Å². The zero-order valence-electron chi connectivity index (χ0n) is 18.7. The van der Waals surface area contributed by atoms with Gasteiger partial charge in [0.05, 0.1) is 19.8 Å². The average Bonchev–Trinajstić information content (AvgIpc) is 3.13. The van der Waals surface area contributed by atoms with Crippen molar-refractivity contribution in [1.82, 2.24) is 10.3 Å². The molecule has 0 saturated heterocycles. The van der Waals surface area contributed by atoms with Gasteiger partial charge in [0.25, 0.3) is 0 Å². The molecule has 1 aromatic heterocycles. The number of benzene rings is 2. The van der Waals surface area contributed by atoms with Crippen LogP contribution in [0.5, 0.6) is 11.5 Å². The Labute approximate surface area is 183 Å². The van der Waals surface area contributed by atoms with E-state index in [9.17, 15) is 4.79 Å². The number of hydrogen-bond acceptors (Lipinski definition) is 4. The van der Waals surface area contributed by atoms with Crippen molar-refractivity contribution < 1.29 is 14.3 Å². The summed E-state index contributed by atoms with van der Waals surface area (Å²) in [7, 11) is 3.36. The van der Waals surface area contributed by atoms with Crippen molar-refractivity contribution in [3.63, 3.8) is 0 Å². The third-order valence-electron chi connectivity index (χ3n) is 6.98. The highest BCUT2D eigenvalue weighted by Crippen LogP contribution is 2.52. The molecular formula is C26H30N2O3. The lowest BCUT2D eigenvalue weighted by molar-refractivity contribution is -0.126. The lowest BCUT2D eigenvalue weighted by atomic mass is 9.63. The quantitative estimate of drug-likeness (QED) is 0.635. The number of ether oxygens (including phenoxy) is 2. The Bertz CT molecular complexity index is 1160. The average molecular weight is 419 g/mol. The van der Waals surface area contributed by atoms with Crippen LogP contribution in [0, 0.1) is 5.41 Å². The number of H-pyrrole nitrogens is 1. The van der Waals surface area contributed by atoms with Gasteiger partial charge < -0.3 is 19.8 Å². The first-order chi connectivity index (χ1) is 14.9. The number of rotatable bonds is 3. The van der Waals surface area contributed by atoms with E-state index in [4.69, 9.17) is 9.47 Å². The van der Waals surface area contributed by atoms with Gasteiger partial charge >= 0.3 is 0 Å². The van der Waals surface area contributed by atoms with Crippen LogP contribution in [0.1, 0.15) is 55.8 Å². The lowest BCUT2D eigenvalue weighted by Gasteiger charge is -2.48. The van der Waals surface area contributed by atoms with Gasteiger partial charge in [-0.2, -0.15) is 0 Å². The van der Waals surface area contributed by atoms with Crippen molar-refractivity contribution in [2.45, 2.75) is 44.6 Å². The number of fused-ring (bicyclic) bond motifs is 4. The van der Waals surface area contributed by atoms with E-state index in [1.54, 1.807) is 14.2 Å². The molecule has 0 amide bonds. The first kappa shape index (κ1) is 20.1. The number of ketones is 1. The van der Waals surface area contributed by atoms with Crippen LogP contribution in [0.25, 0.3) is 10.9 Å². The molecule has 1 fully saturated rings. The predicted molar refractivity (Wildman–Crippen MR) is 122 cm³/mol. The van der Waals surface area contributed by atoms with Crippen molar-refractivity contribution in [3.8, 4) is 11.5 Å². The number of nitrogens with one attached hydrogen (secondary N) is 2. The van der Waals surface area contributed by atoms with Crippen molar-refractivity contribution in [3.05, 3.63) is 59.3 Å². The Morgan fingerprint density at radius 2 is 1.81 bits per heavy atom. The minimum absolute atomic E-state index is 0.0443. The van der Waals surface area contributed by atoms with E-state index in [0.717, 1.165) is 41.2 Å². The van der Waals surface area contributed by atoms with Gasteiger partial charge in [-0.05, 0) is 29.5 Å². The summed E-state index contributed by atoms with van der Waals surface area (Å²) in [4.78, 5) is 16.5. The third-order valence-corrected chi connectivity index (χ3v) is 6.98. The molecular weight excluding hydrogens is 388 g/mol. The zero-order valence-corrected chi connectivity index (χ0v) is 18.7. The Morgan fingerprint density at radius 3 is 2.55 bits per heavy atom. The van der Waals surface area contributed by atoms with Gasteiger partial charge in [0.15, 0.2) is 11.5 Å². The number of aromatic nitrogens is 1. The second-order valence-electron chi connectivity index (χ2n) is 9.79. The van der Waals surface area contributed by atoms with E-state index in [2.05, 4.69) is 54.5 Å². The van der Waals surface area contributed by atoms with Crippen LogP contribution in [-0.4, -0.2) is 31.5 Å². The number of carbonyl (C=O) groups excluding carboxylic acids is 1. The number of para-hydroxylation sites is 2. The van der Waals surface area contributed by atoms with Gasteiger partial charge in [0.1, 0.15) is 5.78 Å². The van der Waals surface area contributed by atoms with Gasteiger partial charge in [-0.3, -0.25) is 4.79 Å². The highest BCUT2D eigenvalue weighted by atomic mass is 16.5. The molecule has 1 spiro atoms. The molecule has 1 saturated carbocycles. The van der Waals surface area contributed by atoms with Crippen LogP contribution in [-0.2, 0) is 10.3 Å². The van der Waals surface area contributed by atoms with Crippen molar-refractivity contribution >= 4 is 16.7 Å². The van der Waals surface area contributed by atoms with Crippen LogP contribution in [0.15, 0.2) is 42.5 Å². The number of Topliss-reactive ketones (excluding diaryl/α,β-unsaturated/α-hetero) is 1. The SMILES string of the molecule is COc1cccc(C2CNC3(CC(=O)CC(C)(C)C3)c3[nH]c4ccccc4c32)c1OC. The smallest absolute Gasteiger partial charge is 0.164 e. The molecule has 2 heterocycles. The molecule has 162 valence electrons. The van der Waals surface area contributed by atoms with E-state index in [0.29, 0.717) is 18.6 Å². The molecule has 31 heavy (non-hydrogen) atoms. The molecule has 2 aliphatic rings. The van der Waals surface area contributed by atoms with Crippen LogP contribution in [0.2, 0.25) is 0 Å². The second kappa shape index (κ2) is 7.13. The topological polar surface area (TPSA) is 63.3 Å². The molecule has 3 aromatic rings. The van der Waals surface area contributed by atoms with Gasteiger partial charge in [-0.25, -0.2) is 0 Å². The highest BCUT2D eigenvalue weighted by molar-refractivity contribution is 5.88. The molecule has 0 bridgehead atoms. The summed E-state index contributed by atoms with van der Waals surface area (Å²) >= 11 is 0. The Balaban J connectivity index is 1.74. The predicted octanol–water partition coefficient (Wildman–Crippen LogP) is 4.89. The molecule has 2 N–H and O–H groups in total. The van der Waals surface area contributed by atoms with E-state index < -0.39 is 0 Å². The van der Waals surface area contributed by atoms with Gasteiger partial charge in [0.2, 0.25) is 0 Å². The molecule has 1 aliphatic carbocycles. The molecule has 5 nitrogen and oxygen atoms in total. The summed E-state index contributed by atoms with van der Waals surface area (Å²) in [5.74, 6) is 1.91. The lowest BCUT2D eigenvalue weighted by Crippen LogP contribution is -2.55. The summed E-state index contributed by atoms with van der Waals surface area (Å²) in [6.45, 7) is 5.14. The van der Waals surface area contributed by atoms with Gasteiger partial charge in [0, 0.05) is 47.5 Å².